The van der Waals surface area contributed by atoms with Gasteiger partial charge < -0.3 is 15.0 Å². The Morgan fingerprint density at radius 3 is 2.62 bits per heavy atom. The Morgan fingerprint density at radius 2 is 2.00 bits per heavy atom. The number of likely N-dealkylation sites (tertiary alicyclic amines) is 1. The van der Waals surface area contributed by atoms with Gasteiger partial charge >= 0.3 is 0 Å². The molecule has 2 aliphatic rings. The predicted molar refractivity (Wildman–Crippen MR) is 108 cm³/mol. The summed E-state index contributed by atoms with van der Waals surface area (Å²) in [5.74, 6) is 0.945. The maximum Gasteiger partial charge on any atom is 0.233 e. The summed E-state index contributed by atoms with van der Waals surface area (Å²) in [7, 11) is 0. The minimum Gasteiger partial charge on any atom is -0.381 e. The van der Waals surface area contributed by atoms with Crippen LogP contribution in [0.2, 0.25) is 5.02 Å². The van der Waals surface area contributed by atoms with Gasteiger partial charge in [0, 0.05) is 31.3 Å². The Kier molecular flexibility index (Phi) is 8.21. The summed E-state index contributed by atoms with van der Waals surface area (Å²) in [5, 5.41) is 4.13. The first kappa shape index (κ1) is 21.5. The van der Waals surface area contributed by atoms with Crippen molar-refractivity contribution in [1.29, 1.82) is 0 Å². The number of halogens is 2. The van der Waals surface area contributed by atoms with E-state index in [0.717, 1.165) is 57.4 Å². The summed E-state index contributed by atoms with van der Waals surface area (Å²) in [5.41, 5.74) is 0.570. The molecule has 146 valence electrons. The zero-order chi connectivity index (χ0) is 17.7. The lowest BCUT2D eigenvalue weighted by atomic mass is 9.72. The standard InChI is InChI=1S/C20H29ClN2O2.ClH/c1-2-22-15-16-6-10-23(11-7-16)19(24)20(8-12-25-13-9-20)17-4-3-5-18(21)14-17;/h3-5,14,16,22H,2,6-13,15H2,1H3;1H. The molecule has 0 unspecified atom stereocenters. The summed E-state index contributed by atoms with van der Waals surface area (Å²) >= 11 is 6.22. The van der Waals surface area contributed by atoms with Crippen molar-refractivity contribution in [1.82, 2.24) is 10.2 Å². The quantitative estimate of drug-likeness (QED) is 0.819. The number of carbonyl (C=O) groups is 1. The molecule has 2 aliphatic heterocycles. The van der Waals surface area contributed by atoms with Crippen LogP contribution in [-0.2, 0) is 14.9 Å². The molecule has 4 nitrogen and oxygen atoms in total. The molecule has 0 radical (unpaired) electrons. The molecule has 1 N–H and O–H groups in total. The first-order valence-corrected chi connectivity index (χ1v) is 9.87. The Morgan fingerprint density at radius 1 is 1.31 bits per heavy atom. The number of amides is 1. The van der Waals surface area contributed by atoms with E-state index in [1.165, 1.54) is 0 Å². The van der Waals surface area contributed by atoms with Gasteiger partial charge in [0.2, 0.25) is 5.91 Å². The van der Waals surface area contributed by atoms with E-state index in [9.17, 15) is 4.79 Å². The van der Waals surface area contributed by atoms with Gasteiger partial charge in [0.15, 0.2) is 0 Å². The molecule has 2 fully saturated rings. The van der Waals surface area contributed by atoms with Crippen molar-refractivity contribution in [2.24, 2.45) is 5.92 Å². The zero-order valence-corrected chi connectivity index (χ0v) is 17.1. The number of carbonyl (C=O) groups excluding carboxylic acids is 1. The van der Waals surface area contributed by atoms with E-state index in [4.69, 9.17) is 16.3 Å². The molecule has 1 aromatic rings. The average molecular weight is 401 g/mol. The minimum atomic E-state index is -0.475. The van der Waals surface area contributed by atoms with Crippen molar-refractivity contribution >= 4 is 29.9 Å². The molecule has 0 aliphatic carbocycles. The monoisotopic (exact) mass is 400 g/mol. The van der Waals surface area contributed by atoms with Crippen LogP contribution in [0.15, 0.2) is 24.3 Å². The third-order valence-corrected chi connectivity index (χ3v) is 5.95. The summed E-state index contributed by atoms with van der Waals surface area (Å²) in [6.45, 7) is 7.20. The van der Waals surface area contributed by atoms with E-state index in [1.807, 2.05) is 24.3 Å². The number of hydrogen-bond acceptors (Lipinski definition) is 3. The van der Waals surface area contributed by atoms with Crippen LogP contribution >= 0.6 is 24.0 Å². The molecule has 0 atom stereocenters. The largest absolute Gasteiger partial charge is 0.381 e. The van der Waals surface area contributed by atoms with Crippen LogP contribution in [0.25, 0.3) is 0 Å². The van der Waals surface area contributed by atoms with E-state index in [2.05, 4.69) is 17.1 Å². The molecule has 6 heteroatoms. The van der Waals surface area contributed by atoms with Crippen molar-refractivity contribution in [3.05, 3.63) is 34.9 Å². The number of nitrogens with zero attached hydrogens (tertiary/aromatic N) is 1. The SMILES string of the molecule is CCNCC1CCN(C(=O)C2(c3cccc(Cl)c3)CCOCC2)CC1.Cl. The molecular formula is C20H30Cl2N2O2. The fourth-order valence-electron chi connectivity index (χ4n) is 4.12. The van der Waals surface area contributed by atoms with Crippen molar-refractivity contribution in [3.8, 4) is 0 Å². The van der Waals surface area contributed by atoms with Gasteiger partial charge in [0.25, 0.3) is 0 Å². The molecule has 0 bridgehead atoms. The predicted octanol–water partition coefficient (Wildman–Crippen LogP) is 3.66. The van der Waals surface area contributed by atoms with Gasteiger partial charge in [-0.05, 0) is 62.4 Å². The lowest BCUT2D eigenvalue weighted by Gasteiger charge is -2.42. The number of piperidine rings is 1. The van der Waals surface area contributed by atoms with E-state index >= 15 is 0 Å². The molecular weight excluding hydrogens is 371 g/mol. The fourth-order valence-corrected chi connectivity index (χ4v) is 4.31. The van der Waals surface area contributed by atoms with Crippen LogP contribution in [0.1, 0.15) is 38.2 Å². The fraction of sp³-hybridized carbons (Fsp3) is 0.650. The van der Waals surface area contributed by atoms with Gasteiger partial charge in [-0.2, -0.15) is 0 Å². The molecule has 0 saturated carbocycles. The van der Waals surface area contributed by atoms with Gasteiger partial charge in [-0.25, -0.2) is 0 Å². The van der Waals surface area contributed by atoms with Crippen LogP contribution in [0.4, 0.5) is 0 Å². The van der Waals surface area contributed by atoms with Crippen LogP contribution in [-0.4, -0.2) is 50.2 Å². The highest BCUT2D eigenvalue weighted by atomic mass is 35.5. The molecule has 0 spiro atoms. The number of nitrogens with one attached hydrogen (secondary N) is 1. The van der Waals surface area contributed by atoms with Crippen molar-refractivity contribution in [2.45, 2.75) is 38.0 Å². The molecule has 3 rings (SSSR count). The topological polar surface area (TPSA) is 41.6 Å². The molecule has 2 saturated heterocycles. The van der Waals surface area contributed by atoms with Crippen LogP contribution in [0, 0.1) is 5.92 Å². The molecule has 1 aromatic carbocycles. The third-order valence-electron chi connectivity index (χ3n) is 5.72. The van der Waals surface area contributed by atoms with E-state index in [-0.39, 0.29) is 18.3 Å². The highest BCUT2D eigenvalue weighted by Gasteiger charge is 2.44. The normalized spacial score (nSPS) is 20.5. The van der Waals surface area contributed by atoms with E-state index < -0.39 is 5.41 Å². The van der Waals surface area contributed by atoms with Crippen molar-refractivity contribution in [3.63, 3.8) is 0 Å². The summed E-state index contributed by atoms with van der Waals surface area (Å²) in [6, 6.07) is 7.83. The first-order valence-electron chi connectivity index (χ1n) is 9.49. The van der Waals surface area contributed by atoms with Crippen molar-refractivity contribution in [2.75, 3.05) is 39.4 Å². The number of rotatable bonds is 5. The summed E-state index contributed by atoms with van der Waals surface area (Å²) < 4.78 is 5.56. The smallest absolute Gasteiger partial charge is 0.233 e. The number of hydrogen-bond donors (Lipinski definition) is 1. The average Bonchev–Trinajstić information content (AvgIpc) is 2.67. The Hall–Kier alpha value is -0.810. The van der Waals surface area contributed by atoms with Gasteiger partial charge in [-0.1, -0.05) is 30.7 Å². The van der Waals surface area contributed by atoms with Gasteiger partial charge in [-0.3, -0.25) is 4.79 Å². The maximum absolute atomic E-state index is 13.5. The van der Waals surface area contributed by atoms with Crippen molar-refractivity contribution < 1.29 is 9.53 Å². The lowest BCUT2D eigenvalue weighted by molar-refractivity contribution is -0.142. The third kappa shape index (κ3) is 4.72. The number of ether oxygens (including phenoxy) is 1. The molecule has 26 heavy (non-hydrogen) atoms. The zero-order valence-electron chi connectivity index (χ0n) is 15.5. The first-order chi connectivity index (χ1) is 12.2. The molecule has 2 heterocycles. The van der Waals surface area contributed by atoms with Gasteiger partial charge in [0.1, 0.15) is 0 Å². The second-order valence-corrected chi connectivity index (χ2v) is 7.68. The van der Waals surface area contributed by atoms with Crippen LogP contribution in [0.5, 0.6) is 0 Å². The van der Waals surface area contributed by atoms with E-state index in [1.54, 1.807) is 0 Å². The molecule has 0 aromatic heterocycles. The van der Waals surface area contributed by atoms with Crippen LogP contribution in [0.3, 0.4) is 0 Å². The minimum absolute atomic E-state index is 0. The highest BCUT2D eigenvalue weighted by molar-refractivity contribution is 6.30. The van der Waals surface area contributed by atoms with Crippen LogP contribution < -0.4 is 5.32 Å². The van der Waals surface area contributed by atoms with Gasteiger partial charge in [-0.15, -0.1) is 12.4 Å². The maximum atomic E-state index is 13.5. The van der Waals surface area contributed by atoms with E-state index in [0.29, 0.717) is 24.2 Å². The second-order valence-electron chi connectivity index (χ2n) is 7.25. The summed E-state index contributed by atoms with van der Waals surface area (Å²) in [4.78, 5) is 15.6. The highest BCUT2D eigenvalue weighted by Crippen LogP contribution is 2.38. The lowest BCUT2D eigenvalue weighted by Crippen LogP contribution is -2.52. The Labute approximate surface area is 168 Å². The summed E-state index contributed by atoms with van der Waals surface area (Å²) in [6.07, 6.45) is 3.65. The molecule has 1 amide bonds. The number of benzene rings is 1. The Bertz CT molecular complexity index is 583. The van der Waals surface area contributed by atoms with Gasteiger partial charge in [0.05, 0.1) is 5.41 Å². The Balaban J connectivity index is 0.00000243. The second kappa shape index (κ2) is 9.93.